The van der Waals surface area contributed by atoms with Crippen LogP contribution in [-0.2, 0) is 6.42 Å². The molecule has 3 atom stereocenters. The third kappa shape index (κ3) is 3.99. The lowest BCUT2D eigenvalue weighted by Crippen LogP contribution is -2.39. The molecule has 2 aliphatic carbocycles. The fourth-order valence-corrected chi connectivity index (χ4v) is 5.54. The van der Waals surface area contributed by atoms with Crippen molar-refractivity contribution in [2.24, 2.45) is 11.3 Å². The lowest BCUT2D eigenvalue weighted by molar-refractivity contribution is 0.0922. The highest BCUT2D eigenvalue weighted by Crippen LogP contribution is 2.54. The number of rotatable bonds is 6. The van der Waals surface area contributed by atoms with E-state index in [4.69, 9.17) is 0 Å². The number of hydrogen-bond acceptors (Lipinski definition) is 3. The number of halogens is 1. The smallest absolute Gasteiger partial charge is 0.251 e. The molecule has 2 aliphatic rings. The Balaban J connectivity index is 1.34. The molecule has 170 valence electrons. The van der Waals surface area contributed by atoms with E-state index in [-0.39, 0.29) is 23.2 Å². The van der Waals surface area contributed by atoms with Crippen molar-refractivity contribution in [3.8, 4) is 5.69 Å². The second-order valence-electron chi connectivity index (χ2n) is 9.49. The zero-order chi connectivity index (χ0) is 23.0. The van der Waals surface area contributed by atoms with Crippen molar-refractivity contribution < 1.29 is 9.18 Å². The topological polar surface area (TPSA) is 59.8 Å². The van der Waals surface area contributed by atoms with Gasteiger partial charge < -0.3 is 5.32 Å². The van der Waals surface area contributed by atoms with E-state index < -0.39 is 0 Å². The van der Waals surface area contributed by atoms with Crippen molar-refractivity contribution in [2.75, 3.05) is 0 Å². The summed E-state index contributed by atoms with van der Waals surface area (Å²) in [5, 5.41) is 7.86. The van der Waals surface area contributed by atoms with E-state index in [1.807, 2.05) is 10.9 Å². The number of carbonyl (C=O) groups is 1. The number of fused-ring (bicyclic) bond motifs is 2. The molecule has 3 aromatic rings. The number of hydrogen-bond donors (Lipinski definition) is 1. The molecule has 1 saturated carbocycles. The molecular weight excluding hydrogens is 415 g/mol. The second-order valence-corrected chi connectivity index (χ2v) is 9.49. The van der Waals surface area contributed by atoms with Crippen molar-refractivity contribution in [2.45, 2.75) is 52.0 Å². The quantitative estimate of drug-likeness (QED) is 0.557. The number of aromatic nitrogens is 3. The van der Waals surface area contributed by atoms with E-state index in [0.29, 0.717) is 11.5 Å². The minimum Gasteiger partial charge on any atom is -0.349 e. The number of amides is 1. The first-order chi connectivity index (χ1) is 16.0. The number of carbonyl (C=O) groups excluding carboxylic acids is 1. The molecule has 1 N–H and O–H groups in total. The molecule has 1 aromatic carbocycles. The molecule has 5 rings (SSSR count). The van der Waals surface area contributed by atoms with Crippen LogP contribution in [0.3, 0.4) is 0 Å². The van der Waals surface area contributed by atoms with Crippen LogP contribution in [0.4, 0.5) is 4.39 Å². The molecule has 2 heterocycles. The zero-order valence-electron chi connectivity index (χ0n) is 19.1. The summed E-state index contributed by atoms with van der Waals surface area (Å²) in [6.07, 6.45) is 12.5. The van der Waals surface area contributed by atoms with E-state index in [1.54, 1.807) is 36.7 Å². The Kier molecular flexibility index (Phi) is 5.60. The molecule has 0 spiro atoms. The predicted octanol–water partition coefficient (Wildman–Crippen LogP) is 5.36. The normalized spacial score (nSPS) is 22.3. The van der Waals surface area contributed by atoms with Gasteiger partial charge in [-0.1, -0.05) is 19.4 Å². The van der Waals surface area contributed by atoms with E-state index in [2.05, 4.69) is 35.3 Å². The Morgan fingerprint density at radius 1 is 1.24 bits per heavy atom. The van der Waals surface area contributed by atoms with E-state index in [0.717, 1.165) is 43.5 Å². The molecule has 2 aromatic heterocycles. The molecule has 1 fully saturated rings. The molecular formula is C27H29FN4O. The molecule has 0 radical (unpaired) electrons. The summed E-state index contributed by atoms with van der Waals surface area (Å²) >= 11 is 0. The minimum absolute atomic E-state index is 0.0327. The van der Waals surface area contributed by atoms with Crippen LogP contribution in [0, 0.1) is 17.2 Å². The van der Waals surface area contributed by atoms with Crippen molar-refractivity contribution in [1.82, 2.24) is 20.1 Å². The van der Waals surface area contributed by atoms with Crippen LogP contribution in [0.2, 0.25) is 0 Å². The first-order valence-electron chi connectivity index (χ1n) is 11.7. The van der Waals surface area contributed by atoms with Gasteiger partial charge >= 0.3 is 0 Å². The standard InChI is InChI=1S/C27H29FN4O/c1-3-23(31-26(33)18-10-12-29-13-11-18)14-20-4-5-21-15-25-19(16-27(20,21)2)17-30-32(25)24-8-6-22(28)7-9-24/h6-13,15,17,20,23H,3-5,14,16H2,1-2H3,(H,31,33)/t20-,23?,27-/m1/s1. The fraction of sp³-hybridized carbons (Fsp3) is 0.370. The maximum absolute atomic E-state index is 13.4. The van der Waals surface area contributed by atoms with Gasteiger partial charge in [-0.15, -0.1) is 0 Å². The van der Waals surface area contributed by atoms with E-state index in [9.17, 15) is 9.18 Å². The number of nitrogens with zero attached hydrogens (tertiary/aromatic N) is 3. The van der Waals surface area contributed by atoms with Crippen LogP contribution in [0.1, 0.15) is 61.1 Å². The predicted molar refractivity (Wildman–Crippen MR) is 126 cm³/mol. The summed E-state index contributed by atoms with van der Waals surface area (Å²) in [7, 11) is 0. The molecule has 6 heteroatoms. The lowest BCUT2D eigenvalue weighted by Gasteiger charge is -2.37. The van der Waals surface area contributed by atoms with Gasteiger partial charge in [0.15, 0.2) is 0 Å². The van der Waals surface area contributed by atoms with Gasteiger partial charge in [0.25, 0.3) is 5.91 Å². The van der Waals surface area contributed by atoms with Gasteiger partial charge in [-0.25, -0.2) is 9.07 Å². The molecule has 33 heavy (non-hydrogen) atoms. The maximum Gasteiger partial charge on any atom is 0.251 e. The fourth-order valence-electron chi connectivity index (χ4n) is 5.54. The number of benzene rings is 1. The van der Waals surface area contributed by atoms with Gasteiger partial charge in [-0.2, -0.15) is 5.10 Å². The zero-order valence-corrected chi connectivity index (χ0v) is 19.1. The van der Waals surface area contributed by atoms with Gasteiger partial charge in [0, 0.05) is 24.0 Å². The van der Waals surface area contributed by atoms with Crippen molar-refractivity contribution in [3.05, 3.63) is 83.2 Å². The molecule has 0 saturated heterocycles. The molecule has 5 nitrogen and oxygen atoms in total. The van der Waals surface area contributed by atoms with E-state index >= 15 is 0 Å². The second kappa shape index (κ2) is 8.58. The molecule has 1 amide bonds. The minimum atomic E-state index is -0.245. The molecule has 0 bridgehead atoms. The number of pyridine rings is 1. The molecule has 1 unspecified atom stereocenters. The number of allylic oxidation sites excluding steroid dienone is 1. The monoisotopic (exact) mass is 444 g/mol. The Morgan fingerprint density at radius 3 is 2.73 bits per heavy atom. The average Bonchev–Trinajstić information content (AvgIpc) is 3.37. The van der Waals surface area contributed by atoms with Crippen LogP contribution in [0.15, 0.2) is 60.6 Å². The summed E-state index contributed by atoms with van der Waals surface area (Å²) in [5.74, 6) is 0.217. The van der Waals surface area contributed by atoms with Gasteiger partial charge in [0.05, 0.1) is 17.6 Å². The molecule has 0 aliphatic heterocycles. The Hall–Kier alpha value is -3.28. The van der Waals surface area contributed by atoms with Crippen molar-refractivity contribution in [1.29, 1.82) is 0 Å². The van der Waals surface area contributed by atoms with Crippen molar-refractivity contribution >= 4 is 12.0 Å². The Labute approximate surface area is 193 Å². The summed E-state index contributed by atoms with van der Waals surface area (Å²) in [4.78, 5) is 16.7. The summed E-state index contributed by atoms with van der Waals surface area (Å²) in [6, 6.07) is 10.1. The average molecular weight is 445 g/mol. The SMILES string of the molecule is CCC(C[C@H]1CCC2=Cc3c(cnn3-c3ccc(F)cc3)C[C@@]21C)NC(=O)c1ccncc1. The third-order valence-electron chi connectivity index (χ3n) is 7.56. The summed E-state index contributed by atoms with van der Waals surface area (Å²) in [6.45, 7) is 4.50. The maximum atomic E-state index is 13.4. The van der Waals surface area contributed by atoms with Gasteiger partial charge in [-0.3, -0.25) is 9.78 Å². The highest BCUT2D eigenvalue weighted by atomic mass is 19.1. The Morgan fingerprint density at radius 2 is 2.00 bits per heavy atom. The first-order valence-corrected chi connectivity index (χ1v) is 11.7. The number of nitrogens with one attached hydrogen (secondary N) is 1. The van der Waals surface area contributed by atoms with Crippen LogP contribution >= 0.6 is 0 Å². The van der Waals surface area contributed by atoms with Gasteiger partial charge in [0.1, 0.15) is 5.82 Å². The lowest BCUT2D eigenvalue weighted by atomic mass is 9.68. The van der Waals surface area contributed by atoms with Crippen LogP contribution in [0.25, 0.3) is 11.8 Å². The van der Waals surface area contributed by atoms with Crippen LogP contribution < -0.4 is 5.32 Å². The Bertz CT molecular complexity index is 1180. The van der Waals surface area contributed by atoms with Crippen LogP contribution in [0.5, 0.6) is 0 Å². The third-order valence-corrected chi connectivity index (χ3v) is 7.56. The van der Waals surface area contributed by atoms with Gasteiger partial charge in [-0.05, 0) is 91.5 Å². The largest absolute Gasteiger partial charge is 0.349 e. The van der Waals surface area contributed by atoms with Gasteiger partial charge in [0.2, 0.25) is 0 Å². The van der Waals surface area contributed by atoms with Crippen LogP contribution in [-0.4, -0.2) is 26.7 Å². The highest BCUT2D eigenvalue weighted by molar-refractivity contribution is 5.94. The first kappa shape index (κ1) is 21.6. The van der Waals surface area contributed by atoms with Crippen molar-refractivity contribution in [3.63, 3.8) is 0 Å². The highest BCUT2D eigenvalue weighted by Gasteiger charge is 2.46. The summed E-state index contributed by atoms with van der Waals surface area (Å²) in [5.41, 5.74) is 5.38. The summed E-state index contributed by atoms with van der Waals surface area (Å²) < 4.78 is 15.3. The van der Waals surface area contributed by atoms with E-state index in [1.165, 1.54) is 23.3 Å².